The number of aryl methyl sites for hydroxylation is 1. The first kappa shape index (κ1) is 23.6. The quantitative estimate of drug-likeness (QED) is 0.554. The number of anilines is 1. The van der Waals surface area contributed by atoms with Gasteiger partial charge in [0.15, 0.2) is 22.9 Å². The van der Waals surface area contributed by atoms with Crippen LogP contribution in [0.5, 0.6) is 17.2 Å². The highest BCUT2D eigenvalue weighted by atomic mass is 35.5. The van der Waals surface area contributed by atoms with E-state index in [4.69, 9.17) is 21.1 Å². The van der Waals surface area contributed by atoms with Crippen LogP contribution in [0.4, 0.5) is 5.69 Å². The first-order valence-electron chi connectivity index (χ1n) is 11.1. The van der Waals surface area contributed by atoms with Gasteiger partial charge < -0.3 is 19.7 Å². The molecule has 0 bridgehead atoms. The highest BCUT2D eigenvalue weighted by Crippen LogP contribution is 2.36. The van der Waals surface area contributed by atoms with Crippen molar-refractivity contribution in [3.8, 4) is 17.2 Å². The summed E-state index contributed by atoms with van der Waals surface area (Å²) >= 11 is 6.19. The molecule has 1 aliphatic heterocycles. The number of carbonyl (C=O) groups excluding carboxylic acids is 2. The summed E-state index contributed by atoms with van der Waals surface area (Å²) in [6, 6.07) is 12.4. The minimum atomic E-state index is -0.374. The second-order valence-corrected chi connectivity index (χ2v) is 8.44. The number of amides is 2. The van der Waals surface area contributed by atoms with Crippen molar-refractivity contribution in [2.45, 2.75) is 25.7 Å². The number of aromatic nitrogens is 3. The molecule has 0 unspecified atom stereocenters. The molecule has 34 heavy (non-hydrogen) atoms. The molecule has 3 aromatic rings. The first-order chi connectivity index (χ1) is 16.5. The molecule has 1 N–H and O–H groups in total. The molecule has 2 amide bonds. The van der Waals surface area contributed by atoms with Gasteiger partial charge in [0, 0.05) is 18.6 Å². The Kier molecular flexibility index (Phi) is 7.64. The Labute approximate surface area is 202 Å². The number of nitrogens with one attached hydrogen (secondary N) is 1. The van der Waals surface area contributed by atoms with Crippen molar-refractivity contribution in [2.24, 2.45) is 7.05 Å². The van der Waals surface area contributed by atoms with Crippen LogP contribution >= 0.6 is 11.6 Å². The van der Waals surface area contributed by atoms with E-state index in [-0.39, 0.29) is 24.1 Å². The molecule has 0 aliphatic carbocycles. The SMILES string of the molecule is Cn1cc(C(=O)N2CCCCCCOc3ccccc3Oc3ccc(Cl)cc3NC(=O)C2)nn1. The Morgan fingerprint density at radius 3 is 2.65 bits per heavy atom. The molecular formula is C24H26ClN5O4. The molecule has 0 atom stereocenters. The van der Waals surface area contributed by atoms with Crippen molar-refractivity contribution in [2.75, 3.05) is 25.0 Å². The van der Waals surface area contributed by atoms with Crippen LogP contribution in [-0.2, 0) is 11.8 Å². The van der Waals surface area contributed by atoms with Crippen LogP contribution < -0.4 is 14.8 Å². The van der Waals surface area contributed by atoms with Crippen molar-refractivity contribution in [3.05, 3.63) is 59.4 Å². The summed E-state index contributed by atoms with van der Waals surface area (Å²) < 4.78 is 13.5. The predicted molar refractivity (Wildman–Crippen MR) is 127 cm³/mol. The Morgan fingerprint density at radius 1 is 1.06 bits per heavy atom. The molecule has 0 spiro atoms. The Hall–Kier alpha value is -3.59. The third-order valence-corrected chi connectivity index (χ3v) is 5.54. The normalized spacial score (nSPS) is 15.4. The molecule has 0 saturated heterocycles. The van der Waals surface area contributed by atoms with Gasteiger partial charge in [-0.2, -0.15) is 0 Å². The number of hydrogen-bond acceptors (Lipinski definition) is 6. The summed E-state index contributed by atoms with van der Waals surface area (Å²) in [6.45, 7) is 0.833. The van der Waals surface area contributed by atoms with Crippen molar-refractivity contribution < 1.29 is 19.1 Å². The van der Waals surface area contributed by atoms with Crippen LogP contribution in [0.1, 0.15) is 36.2 Å². The maximum atomic E-state index is 13.0. The Morgan fingerprint density at radius 2 is 1.85 bits per heavy atom. The summed E-state index contributed by atoms with van der Waals surface area (Å²) in [6.07, 6.45) is 4.98. The zero-order valence-electron chi connectivity index (χ0n) is 18.9. The van der Waals surface area contributed by atoms with Crippen LogP contribution in [0.25, 0.3) is 0 Å². The van der Waals surface area contributed by atoms with E-state index >= 15 is 0 Å². The molecule has 1 aromatic heterocycles. The van der Waals surface area contributed by atoms with Crippen LogP contribution in [0, 0.1) is 0 Å². The van der Waals surface area contributed by atoms with Gasteiger partial charge in [-0.25, -0.2) is 0 Å². The van der Waals surface area contributed by atoms with E-state index in [1.54, 1.807) is 31.3 Å². The van der Waals surface area contributed by atoms with Crippen molar-refractivity contribution in [1.29, 1.82) is 0 Å². The van der Waals surface area contributed by atoms with E-state index in [0.717, 1.165) is 25.7 Å². The third-order valence-electron chi connectivity index (χ3n) is 5.31. The number of rotatable bonds is 1. The first-order valence-corrected chi connectivity index (χ1v) is 11.5. The van der Waals surface area contributed by atoms with Crippen LogP contribution in [0.2, 0.25) is 5.02 Å². The highest BCUT2D eigenvalue weighted by Gasteiger charge is 2.22. The van der Waals surface area contributed by atoms with Gasteiger partial charge in [0.05, 0.1) is 18.5 Å². The molecule has 9 nitrogen and oxygen atoms in total. The van der Waals surface area contributed by atoms with E-state index in [1.807, 2.05) is 18.2 Å². The second-order valence-electron chi connectivity index (χ2n) is 8.00. The minimum Gasteiger partial charge on any atom is -0.490 e. The zero-order valence-corrected chi connectivity index (χ0v) is 19.6. The molecule has 1 aliphatic rings. The van der Waals surface area contributed by atoms with Gasteiger partial charge in [-0.3, -0.25) is 14.3 Å². The van der Waals surface area contributed by atoms with Gasteiger partial charge in [-0.05, 0) is 43.2 Å². The summed E-state index contributed by atoms with van der Waals surface area (Å²) in [4.78, 5) is 27.5. The lowest BCUT2D eigenvalue weighted by Gasteiger charge is -2.22. The number of halogens is 1. The molecule has 4 rings (SSSR count). The standard InChI is InChI=1S/C24H26ClN5O4/c1-29-15-19(27-28-29)24(32)30-12-6-2-3-7-13-33-21-8-4-5-9-22(21)34-20-11-10-17(25)14-18(20)26-23(31)16-30/h4-5,8-11,14-15H,2-3,6-7,12-13,16H2,1H3,(H,26,31). The molecular weight excluding hydrogens is 458 g/mol. The molecule has 0 saturated carbocycles. The van der Waals surface area contributed by atoms with Crippen molar-refractivity contribution in [3.63, 3.8) is 0 Å². The number of hydrogen-bond donors (Lipinski definition) is 1. The summed E-state index contributed by atoms with van der Waals surface area (Å²) in [5.74, 6) is 0.854. The van der Waals surface area contributed by atoms with E-state index in [1.165, 1.54) is 15.8 Å². The fraction of sp³-hybridized carbons (Fsp3) is 0.333. The van der Waals surface area contributed by atoms with Gasteiger partial charge in [0.2, 0.25) is 5.91 Å². The van der Waals surface area contributed by atoms with Crippen LogP contribution in [-0.4, -0.2) is 51.4 Å². The number of nitrogens with zero attached hydrogens (tertiary/aromatic N) is 4. The molecule has 2 heterocycles. The molecule has 2 aromatic carbocycles. The van der Waals surface area contributed by atoms with E-state index in [0.29, 0.717) is 41.1 Å². The van der Waals surface area contributed by atoms with Gasteiger partial charge in [0.25, 0.3) is 5.91 Å². The summed E-state index contributed by atoms with van der Waals surface area (Å²) in [7, 11) is 1.69. The fourth-order valence-corrected chi connectivity index (χ4v) is 3.80. The molecule has 0 radical (unpaired) electrons. The van der Waals surface area contributed by atoms with Gasteiger partial charge >= 0.3 is 0 Å². The molecule has 10 heteroatoms. The number of para-hydroxylation sites is 2. The monoisotopic (exact) mass is 483 g/mol. The van der Waals surface area contributed by atoms with E-state index in [9.17, 15) is 9.59 Å². The minimum absolute atomic E-state index is 0.138. The average molecular weight is 484 g/mol. The number of fused-ring (bicyclic) bond motifs is 2. The predicted octanol–water partition coefficient (Wildman–Crippen LogP) is 4.29. The lowest BCUT2D eigenvalue weighted by Crippen LogP contribution is -2.39. The Bertz CT molecular complexity index is 1170. The fourth-order valence-electron chi connectivity index (χ4n) is 3.62. The number of ether oxygens (including phenoxy) is 2. The van der Waals surface area contributed by atoms with Gasteiger partial charge in [-0.1, -0.05) is 41.8 Å². The topological polar surface area (TPSA) is 98.6 Å². The molecule has 0 fully saturated rings. The van der Waals surface area contributed by atoms with Gasteiger partial charge in [0.1, 0.15) is 6.54 Å². The maximum Gasteiger partial charge on any atom is 0.276 e. The largest absolute Gasteiger partial charge is 0.490 e. The van der Waals surface area contributed by atoms with Crippen LogP contribution in [0.3, 0.4) is 0 Å². The van der Waals surface area contributed by atoms with Crippen LogP contribution in [0.15, 0.2) is 48.7 Å². The highest BCUT2D eigenvalue weighted by molar-refractivity contribution is 6.31. The zero-order chi connectivity index (χ0) is 23.9. The average Bonchev–Trinajstić information content (AvgIpc) is 3.25. The summed E-state index contributed by atoms with van der Waals surface area (Å²) in [5.41, 5.74) is 0.591. The Balaban J connectivity index is 1.60. The smallest absolute Gasteiger partial charge is 0.276 e. The lowest BCUT2D eigenvalue weighted by molar-refractivity contribution is -0.116. The number of carbonyl (C=O) groups is 2. The van der Waals surface area contributed by atoms with E-state index < -0.39 is 0 Å². The summed E-state index contributed by atoms with van der Waals surface area (Å²) in [5, 5.41) is 11.0. The lowest BCUT2D eigenvalue weighted by atomic mass is 10.2. The maximum absolute atomic E-state index is 13.0. The third kappa shape index (κ3) is 6.05. The number of benzene rings is 2. The molecule has 178 valence electrons. The van der Waals surface area contributed by atoms with E-state index in [2.05, 4.69) is 15.6 Å². The van der Waals surface area contributed by atoms with Crippen molar-refractivity contribution in [1.82, 2.24) is 19.9 Å². The second kappa shape index (κ2) is 11.0. The van der Waals surface area contributed by atoms with Gasteiger partial charge in [-0.15, -0.1) is 5.10 Å². The van der Waals surface area contributed by atoms with Crippen molar-refractivity contribution >= 4 is 29.1 Å².